The number of guanidine groups is 1. The van der Waals surface area contributed by atoms with Crippen molar-refractivity contribution in [2.24, 2.45) is 16.8 Å². The largest absolute Gasteiger partial charge is 0.476 e. The van der Waals surface area contributed by atoms with Gasteiger partial charge in [0.1, 0.15) is 6.61 Å². The average molecular weight is 516 g/mol. The summed E-state index contributed by atoms with van der Waals surface area (Å²) < 4.78 is 47.6. The highest BCUT2D eigenvalue weighted by Crippen LogP contribution is 2.29. The fraction of sp³-hybridized carbons (Fsp3) is 0.588. The number of ether oxygens (including phenoxy) is 2. The number of esters is 1. The normalized spacial score (nSPS) is 19.8. The zero-order valence-electron chi connectivity index (χ0n) is 15.8. The Labute approximate surface area is 178 Å². The molecule has 2 atom stereocenters. The van der Waals surface area contributed by atoms with Gasteiger partial charge in [0.05, 0.1) is 25.1 Å². The van der Waals surface area contributed by atoms with Crippen molar-refractivity contribution < 1.29 is 27.4 Å². The lowest BCUT2D eigenvalue weighted by molar-refractivity contribution is -0.146. The minimum absolute atomic E-state index is 0. The Bertz CT molecular complexity index is 671. The number of methoxy groups -OCH3 is 1. The van der Waals surface area contributed by atoms with Crippen LogP contribution in [-0.2, 0) is 15.7 Å². The summed E-state index contributed by atoms with van der Waals surface area (Å²) in [6, 6.07) is 2.11. The molecular weight excluding hydrogens is 492 g/mol. The molecule has 0 bridgehead atoms. The van der Waals surface area contributed by atoms with Crippen LogP contribution < -0.4 is 10.1 Å². The van der Waals surface area contributed by atoms with E-state index in [0.717, 1.165) is 12.3 Å². The minimum atomic E-state index is -4.42. The standard InChI is InChI=1S/C17H23F3N4O3.HI/c1-11-9-24(10-13(11)15(25)26-3)16(21-2)22-6-7-27-14-5-4-12(8-23-14)17(18,19)20;/h4-5,8,11,13H,6-7,9-10H2,1-3H3,(H,21,22);1H. The van der Waals surface area contributed by atoms with Gasteiger partial charge in [-0.1, -0.05) is 6.92 Å². The third-order valence-electron chi connectivity index (χ3n) is 4.33. The highest BCUT2D eigenvalue weighted by atomic mass is 127. The third-order valence-corrected chi connectivity index (χ3v) is 4.33. The van der Waals surface area contributed by atoms with Crippen LogP contribution in [0.25, 0.3) is 0 Å². The van der Waals surface area contributed by atoms with E-state index in [4.69, 9.17) is 9.47 Å². The molecule has 1 saturated heterocycles. The summed E-state index contributed by atoms with van der Waals surface area (Å²) in [4.78, 5) is 21.6. The van der Waals surface area contributed by atoms with Crippen LogP contribution in [0, 0.1) is 11.8 Å². The minimum Gasteiger partial charge on any atom is -0.476 e. The molecule has 0 aliphatic carbocycles. The quantitative estimate of drug-likeness (QED) is 0.213. The van der Waals surface area contributed by atoms with Crippen molar-refractivity contribution in [2.45, 2.75) is 13.1 Å². The first-order chi connectivity index (χ1) is 12.8. The van der Waals surface area contributed by atoms with Gasteiger partial charge in [0.15, 0.2) is 5.96 Å². The van der Waals surface area contributed by atoms with Crippen LogP contribution in [0.15, 0.2) is 23.3 Å². The average Bonchev–Trinajstić information content (AvgIpc) is 3.02. The highest BCUT2D eigenvalue weighted by Gasteiger charge is 2.36. The van der Waals surface area contributed by atoms with E-state index in [1.807, 2.05) is 11.8 Å². The van der Waals surface area contributed by atoms with E-state index in [0.29, 0.717) is 25.6 Å². The molecule has 1 aromatic heterocycles. The van der Waals surface area contributed by atoms with Crippen LogP contribution >= 0.6 is 24.0 Å². The van der Waals surface area contributed by atoms with Crippen LogP contribution in [0.5, 0.6) is 5.88 Å². The number of likely N-dealkylation sites (tertiary alicyclic amines) is 1. The Morgan fingerprint density at radius 2 is 2.11 bits per heavy atom. The molecule has 28 heavy (non-hydrogen) atoms. The van der Waals surface area contributed by atoms with E-state index < -0.39 is 11.7 Å². The summed E-state index contributed by atoms with van der Waals surface area (Å²) in [5.41, 5.74) is -0.823. The zero-order valence-corrected chi connectivity index (χ0v) is 18.2. The molecule has 1 aromatic rings. The Balaban J connectivity index is 0.00000392. The van der Waals surface area contributed by atoms with Gasteiger partial charge in [-0.15, -0.1) is 24.0 Å². The molecule has 11 heteroatoms. The fourth-order valence-electron chi connectivity index (χ4n) is 2.88. The smallest absolute Gasteiger partial charge is 0.417 e. The second kappa shape index (κ2) is 10.7. The van der Waals surface area contributed by atoms with Crippen LogP contribution in [0.4, 0.5) is 13.2 Å². The lowest BCUT2D eigenvalue weighted by Gasteiger charge is -2.21. The molecule has 2 heterocycles. The molecule has 7 nitrogen and oxygen atoms in total. The molecule has 1 N–H and O–H groups in total. The monoisotopic (exact) mass is 516 g/mol. The van der Waals surface area contributed by atoms with Gasteiger partial charge in [0.25, 0.3) is 0 Å². The number of aliphatic imine (C=N–C) groups is 1. The predicted molar refractivity (Wildman–Crippen MR) is 108 cm³/mol. The van der Waals surface area contributed by atoms with Crippen molar-refractivity contribution in [3.05, 3.63) is 23.9 Å². The molecule has 2 rings (SSSR count). The highest BCUT2D eigenvalue weighted by molar-refractivity contribution is 14.0. The molecular formula is C17H24F3IN4O3. The first kappa shape index (κ1) is 24.2. The second-order valence-corrected chi connectivity index (χ2v) is 6.22. The van der Waals surface area contributed by atoms with Crippen LogP contribution in [0.3, 0.4) is 0 Å². The van der Waals surface area contributed by atoms with Crippen molar-refractivity contribution in [2.75, 3.05) is 40.4 Å². The second-order valence-electron chi connectivity index (χ2n) is 6.22. The van der Waals surface area contributed by atoms with E-state index in [1.165, 1.54) is 13.2 Å². The van der Waals surface area contributed by atoms with Gasteiger partial charge in [0, 0.05) is 32.4 Å². The molecule has 2 unspecified atom stereocenters. The Morgan fingerprint density at radius 1 is 1.39 bits per heavy atom. The number of hydrogen-bond acceptors (Lipinski definition) is 5. The Kier molecular flexibility index (Phi) is 9.24. The summed E-state index contributed by atoms with van der Waals surface area (Å²) in [5, 5.41) is 3.11. The number of carbonyl (C=O) groups excluding carboxylic acids is 1. The maximum absolute atomic E-state index is 12.5. The Morgan fingerprint density at radius 3 is 2.64 bits per heavy atom. The van der Waals surface area contributed by atoms with E-state index in [1.54, 1.807) is 7.05 Å². The van der Waals surface area contributed by atoms with Crippen molar-refractivity contribution in [3.8, 4) is 5.88 Å². The first-order valence-corrected chi connectivity index (χ1v) is 8.45. The summed E-state index contributed by atoms with van der Waals surface area (Å²) in [6.07, 6.45) is -3.69. The molecule has 0 amide bonds. The van der Waals surface area contributed by atoms with E-state index >= 15 is 0 Å². The van der Waals surface area contributed by atoms with Crippen LogP contribution in [0.1, 0.15) is 12.5 Å². The SMILES string of the molecule is CN=C(NCCOc1ccc(C(F)(F)F)cn1)N1CC(C)C(C(=O)OC)C1.I. The Hall–Kier alpha value is -1.79. The maximum atomic E-state index is 12.5. The molecule has 1 fully saturated rings. The van der Waals surface area contributed by atoms with Crippen molar-refractivity contribution in [3.63, 3.8) is 0 Å². The zero-order chi connectivity index (χ0) is 20.0. The number of aromatic nitrogens is 1. The number of halogens is 4. The molecule has 1 aliphatic heterocycles. The maximum Gasteiger partial charge on any atom is 0.417 e. The molecule has 1 aliphatic rings. The van der Waals surface area contributed by atoms with E-state index in [2.05, 4.69) is 15.3 Å². The van der Waals surface area contributed by atoms with Crippen molar-refractivity contribution >= 4 is 35.9 Å². The first-order valence-electron chi connectivity index (χ1n) is 8.45. The molecule has 0 radical (unpaired) electrons. The third kappa shape index (κ3) is 6.38. The van der Waals surface area contributed by atoms with Crippen molar-refractivity contribution in [1.82, 2.24) is 15.2 Å². The predicted octanol–water partition coefficient (Wildman–Crippen LogP) is 2.41. The number of pyridine rings is 1. The summed E-state index contributed by atoms with van der Waals surface area (Å²) >= 11 is 0. The van der Waals surface area contributed by atoms with Crippen LogP contribution in [0.2, 0.25) is 0 Å². The number of nitrogens with zero attached hydrogens (tertiary/aromatic N) is 3. The fourth-order valence-corrected chi connectivity index (χ4v) is 2.88. The number of hydrogen-bond donors (Lipinski definition) is 1. The molecule has 0 spiro atoms. The summed E-state index contributed by atoms with van der Waals surface area (Å²) in [7, 11) is 3.01. The molecule has 158 valence electrons. The van der Waals surface area contributed by atoms with Gasteiger partial charge in [-0.25, -0.2) is 4.98 Å². The van der Waals surface area contributed by atoms with Gasteiger partial charge >= 0.3 is 12.1 Å². The topological polar surface area (TPSA) is 76.1 Å². The summed E-state index contributed by atoms with van der Waals surface area (Å²) in [6.45, 7) is 3.73. The molecule has 0 aromatic carbocycles. The number of nitrogens with one attached hydrogen (secondary N) is 1. The van der Waals surface area contributed by atoms with Gasteiger partial charge in [0.2, 0.25) is 5.88 Å². The molecule has 0 saturated carbocycles. The number of rotatable bonds is 5. The van der Waals surface area contributed by atoms with Gasteiger partial charge in [-0.2, -0.15) is 13.2 Å². The number of alkyl halides is 3. The lowest BCUT2D eigenvalue weighted by Crippen LogP contribution is -2.42. The van der Waals surface area contributed by atoms with Gasteiger partial charge in [-0.3, -0.25) is 9.79 Å². The van der Waals surface area contributed by atoms with Crippen molar-refractivity contribution in [1.29, 1.82) is 0 Å². The van der Waals surface area contributed by atoms with Gasteiger partial charge < -0.3 is 19.7 Å². The van der Waals surface area contributed by atoms with Crippen LogP contribution in [-0.4, -0.2) is 62.2 Å². The van der Waals surface area contributed by atoms with E-state index in [-0.39, 0.29) is 54.3 Å². The van der Waals surface area contributed by atoms with Gasteiger partial charge in [-0.05, 0) is 12.0 Å². The van der Waals surface area contributed by atoms with E-state index in [9.17, 15) is 18.0 Å². The number of carbonyl (C=O) groups is 1. The summed E-state index contributed by atoms with van der Waals surface area (Å²) in [5.74, 6) is 0.430. The lowest BCUT2D eigenvalue weighted by atomic mass is 9.99.